The van der Waals surface area contributed by atoms with Crippen molar-refractivity contribution in [3.05, 3.63) is 83.2 Å². The van der Waals surface area contributed by atoms with Crippen LogP contribution < -0.4 is 10.5 Å². The van der Waals surface area contributed by atoms with Crippen LogP contribution in [0.3, 0.4) is 0 Å². The lowest BCUT2D eigenvalue weighted by Crippen LogP contribution is -2.08. The van der Waals surface area contributed by atoms with Gasteiger partial charge in [-0.3, -0.25) is 9.97 Å². The maximum absolute atomic E-state index is 13.6. The molecule has 0 amide bonds. The molecular formula is C25H22F3N5O2. The number of halogens is 3. The fraction of sp³-hybridized carbons (Fsp3) is 0.200. The van der Waals surface area contributed by atoms with Crippen LogP contribution in [-0.2, 0) is 6.61 Å². The number of ether oxygens (including phenoxy) is 1. The maximum atomic E-state index is 13.6. The molecule has 0 fully saturated rings. The maximum Gasteiger partial charge on any atom is 0.280 e. The summed E-state index contributed by atoms with van der Waals surface area (Å²) in [6, 6.07) is 13.5. The van der Waals surface area contributed by atoms with Crippen LogP contribution in [0.25, 0.3) is 22.4 Å². The van der Waals surface area contributed by atoms with E-state index >= 15 is 0 Å². The highest BCUT2D eigenvalue weighted by Crippen LogP contribution is 2.39. The van der Waals surface area contributed by atoms with Gasteiger partial charge in [0.25, 0.3) is 6.43 Å². The molecule has 7 nitrogen and oxygen atoms in total. The zero-order valence-corrected chi connectivity index (χ0v) is 18.9. The minimum atomic E-state index is -2.80. The topological polar surface area (TPSA) is 107 Å². The number of hydrogen-bond donors (Lipinski definition) is 2. The molecule has 1 atom stereocenters. The molecule has 4 rings (SSSR count). The summed E-state index contributed by atoms with van der Waals surface area (Å²) in [5.41, 5.74) is 8.28. The molecule has 180 valence electrons. The van der Waals surface area contributed by atoms with Crippen LogP contribution in [0.2, 0.25) is 0 Å². The van der Waals surface area contributed by atoms with Gasteiger partial charge in [-0.2, -0.15) is 4.98 Å². The average molecular weight is 481 g/mol. The third-order valence-corrected chi connectivity index (χ3v) is 5.11. The zero-order chi connectivity index (χ0) is 25.1. The number of aromatic nitrogens is 4. The molecule has 10 heteroatoms. The lowest BCUT2D eigenvalue weighted by atomic mass is 9.99. The number of aliphatic hydroxyl groups is 1. The molecule has 0 saturated carbocycles. The van der Waals surface area contributed by atoms with E-state index in [2.05, 4.69) is 19.9 Å². The van der Waals surface area contributed by atoms with Crippen LogP contribution in [-0.4, -0.2) is 25.0 Å². The third kappa shape index (κ3) is 5.55. The van der Waals surface area contributed by atoms with Crippen LogP contribution in [0, 0.1) is 12.7 Å². The second-order valence-corrected chi connectivity index (χ2v) is 7.86. The molecule has 35 heavy (non-hydrogen) atoms. The summed E-state index contributed by atoms with van der Waals surface area (Å²) >= 11 is 0. The predicted octanol–water partition coefficient (Wildman–Crippen LogP) is 5.20. The number of pyridine rings is 2. The minimum Gasteiger partial charge on any atom is -0.471 e. The fourth-order valence-corrected chi connectivity index (χ4v) is 3.54. The Kier molecular flexibility index (Phi) is 6.92. The van der Waals surface area contributed by atoms with Crippen molar-refractivity contribution in [2.24, 2.45) is 0 Å². The standard InChI is InChI=1S/C25H22F3N5O2/c1-13-10-16(11-20(30-13)23(27)28)21-22(15-6-8-17(26)9-7-15)32-25(29)33-24(21)35-12-18-4-3-5-19(31-18)14(2)34/h3-11,14,23,34H,12H2,1-2H3,(H2,29,32,33). The number of aryl methyl sites for hydroxylation is 1. The lowest BCUT2D eigenvalue weighted by Gasteiger charge is -2.17. The van der Waals surface area contributed by atoms with Crippen molar-refractivity contribution >= 4 is 5.95 Å². The molecule has 0 aliphatic heterocycles. The van der Waals surface area contributed by atoms with Crippen LogP contribution >= 0.6 is 0 Å². The molecule has 1 unspecified atom stereocenters. The normalized spacial score (nSPS) is 12.1. The molecule has 1 aromatic carbocycles. The average Bonchev–Trinajstić information content (AvgIpc) is 2.82. The van der Waals surface area contributed by atoms with E-state index in [1.54, 1.807) is 38.1 Å². The smallest absolute Gasteiger partial charge is 0.280 e. The summed E-state index contributed by atoms with van der Waals surface area (Å²) in [7, 11) is 0. The Morgan fingerprint density at radius 1 is 0.943 bits per heavy atom. The number of benzene rings is 1. The Morgan fingerprint density at radius 3 is 2.37 bits per heavy atom. The Morgan fingerprint density at radius 2 is 1.69 bits per heavy atom. The summed E-state index contributed by atoms with van der Waals surface area (Å²) < 4.78 is 46.6. The summed E-state index contributed by atoms with van der Waals surface area (Å²) in [6.45, 7) is 3.15. The number of nitrogens with zero attached hydrogens (tertiary/aromatic N) is 4. The van der Waals surface area contributed by atoms with Gasteiger partial charge in [-0.1, -0.05) is 6.07 Å². The second kappa shape index (κ2) is 10.1. The number of anilines is 1. The van der Waals surface area contributed by atoms with Crippen molar-refractivity contribution < 1.29 is 23.0 Å². The first-order chi connectivity index (χ1) is 16.7. The van der Waals surface area contributed by atoms with Gasteiger partial charge < -0.3 is 15.6 Å². The first kappa shape index (κ1) is 24.1. The van der Waals surface area contributed by atoms with Gasteiger partial charge in [-0.25, -0.2) is 18.2 Å². The van der Waals surface area contributed by atoms with E-state index in [4.69, 9.17) is 10.5 Å². The molecular weight excluding hydrogens is 459 g/mol. The van der Waals surface area contributed by atoms with Crippen LogP contribution in [0.1, 0.15) is 42.2 Å². The van der Waals surface area contributed by atoms with Gasteiger partial charge in [0.15, 0.2) is 0 Å². The lowest BCUT2D eigenvalue weighted by molar-refractivity contribution is 0.146. The number of nitrogens with two attached hydrogens (primary N) is 1. The largest absolute Gasteiger partial charge is 0.471 e. The number of alkyl halides is 2. The Balaban J connectivity index is 1.86. The minimum absolute atomic E-state index is 0.0342. The molecule has 3 aromatic heterocycles. The monoisotopic (exact) mass is 481 g/mol. The summed E-state index contributed by atoms with van der Waals surface area (Å²) in [5.74, 6) is -0.530. The van der Waals surface area contributed by atoms with Crippen LogP contribution in [0.5, 0.6) is 5.88 Å². The highest BCUT2D eigenvalue weighted by Gasteiger charge is 2.22. The van der Waals surface area contributed by atoms with E-state index in [-0.39, 0.29) is 24.1 Å². The third-order valence-electron chi connectivity index (χ3n) is 5.11. The number of nitrogen functional groups attached to an aromatic ring is 1. The van der Waals surface area contributed by atoms with Crippen LogP contribution in [0.4, 0.5) is 19.1 Å². The molecule has 0 saturated heterocycles. The molecule has 0 bridgehead atoms. The van der Waals surface area contributed by atoms with E-state index in [0.717, 1.165) is 0 Å². The van der Waals surface area contributed by atoms with Crippen molar-refractivity contribution in [2.75, 3.05) is 5.73 Å². The Labute approximate surface area is 199 Å². The quantitative estimate of drug-likeness (QED) is 0.374. The molecule has 0 radical (unpaired) electrons. The molecule has 0 aliphatic carbocycles. The molecule has 3 N–H and O–H groups in total. The molecule has 3 heterocycles. The van der Waals surface area contributed by atoms with Gasteiger partial charge in [0.1, 0.15) is 18.1 Å². The predicted molar refractivity (Wildman–Crippen MR) is 124 cm³/mol. The van der Waals surface area contributed by atoms with Crippen LogP contribution in [0.15, 0.2) is 54.6 Å². The molecule has 0 spiro atoms. The molecule has 0 aliphatic rings. The zero-order valence-electron chi connectivity index (χ0n) is 18.9. The van der Waals surface area contributed by atoms with Crippen molar-refractivity contribution in [1.82, 2.24) is 19.9 Å². The van der Waals surface area contributed by atoms with E-state index in [0.29, 0.717) is 33.8 Å². The fourth-order valence-electron chi connectivity index (χ4n) is 3.54. The van der Waals surface area contributed by atoms with Crippen molar-refractivity contribution in [3.8, 4) is 28.3 Å². The highest BCUT2D eigenvalue weighted by atomic mass is 19.3. The van der Waals surface area contributed by atoms with Gasteiger partial charge in [-0.15, -0.1) is 0 Å². The first-order valence-corrected chi connectivity index (χ1v) is 10.7. The van der Waals surface area contributed by atoms with Crippen molar-refractivity contribution in [1.29, 1.82) is 0 Å². The second-order valence-electron chi connectivity index (χ2n) is 7.86. The van der Waals surface area contributed by atoms with Gasteiger partial charge in [0.2, 0.25) is 11.8 Å². The number of hydrogen-bond acceptors (Lipinski definition) is 7. The first-order valence-electron chi connectivity index (χ1n) is 10.7. The number of rotatable bonds is 7. The van der Waals surface area contributed by atoms with Crippen molar-refractivity contribution in [2.45, 2.75) is 33.0 Å². The number of aliphatic hydroxyl groups excluding tert-OH is 1. The van der Waals surface area contributed by atoms with Gasteiger partial charge in [0, 0.05) is 11.3 Å². The summed E-state index contributed by atoms with van der Waals surface area (Å²) in [4.78, 5) is 16.8. The van der Waals surface area contributed by atoms with Gasteiger partial charge in [0.05, 0.1) is 28.7 Å². The summed E-state index contributed by atoms with van der Waals surface area (Å²) in [5, 5.41) is 9.81. The van der Waals surface area contributed by atoms with Crippen molar-refractivity contribution in [3.63, 3.8) is 0 Å². The Bertz CT molecular complexity index is 1350. The van der Waals surface area contributed by atoms with Gasteiger partial charge in [-0.05, 0) is 67.9 Å². The Hall–Kier alpha value is -4.05. The van der Waals surface area contributed by atoms with E-state index in [9.17, 15) is 18.3 Å². The molecule has 4 aromatic rings. The van der Waals surface area contributed by atoms with Gasteiger partial charge >= 0.3 is 0 Å². The van der Waals surface area contributed by atoms with E-state index in [1.807, 2.05) is 0 Å². The summed E-state index contributed by atoms with van der Waals surface area (Å²) in [6.07, 6.45) is -3.56. The van der Waals surface area contributed by atoms with E-state index < -0.39 is 24.0 Å². The SMILES string of the molecule is Cc1cc(-c2c(OCc3cccc(C(C)O)n3)nc(N)nc2-c2ccc(F)cc2)cc(C(F)F)n1. The highest BCUT2D eigenvalue weighted by molar-refractivity contribution is 5.85. The van der Waals surface area contributed by atoms with E-state index in [1.165, 1.54) is 30.3 Å².